The minimum atomic E-state index is -0.506. The predicted molar refractivity (Wildman–Crippen MR) is 71.9 cm³/mol. The number of carbonyl (C=O) groups is 1. The molecule has 0 aliphatic rings. The fourth-order valence-electron chi connectivity index (χ4n) is 1.64. The number of nitrogen functional groups attached to an aromatic ring is 1. The van der Waals surface area contributed by atoms with Crippen LogP contribution in [0, 0.1) is 10.1 Å². The number of benzene rings is 1. The summed E-state index contributed by atoms with van der Waals surface area (Å²) in [6.07, 6.45) is 0. The number of nitrogens with one attached hydrogen (secondary N) is 1. The lowest BCUT2D eigenvalue weighted by Crippen LogP contribution is -2.20. The number of aromatic nitrogens is 2. The molecule has 2 rings (SSSR count). The van der Waals surface area contributed by atoms with Crippen molar-refractivity contribution in [3.05, 3.63) is 46.1 Å². The third-order valence-corrected chi connectivity index (χ3v) is 2.56. The van der Waals surface area contributed by atoms with E-state index in [0.29, 0.717) is 11.3 Å². The maximum atomic E-state index is 11.6. The molecule has 0 aliphatic carbocycles. The van der Waals surface area contributed by atoms with Crippen LogP contribution in [0.25, 0.3) is 11.3 Å². The summed E-state index contributed by atoms with van der Waals surface area (Å²) >= 11 is 0. The first-order valence-electron chi connectivity index (χ1n) is 5.62. The summed E-state index contributed by atoms with van der Waals surface area (Å²) < 4.78 is 0. The van der Waals surface area contributed by atoms with Gasteiger partial charge in [0, 0.05) is 24.7 Å². The Labute approximate surface area is 113 Å². The van der Waals surface area contributed by atoms with E-state index in [-0.39, 0.29) is 17.3 Å². The summed E-state index contributed by atoms with van der Waals surface area (Å²) in [4.78, 5) is 29.6. The normalized spacial score (nSPS) is 10.1. The SMILES string of the molecule is CNC(=O)c1cc(-c2cccc([N+](=O)[O-])c2)nc(N)n1. The summed E-state index contributed by atoms with van der Waals surface area (Å²) in [7, 11) is 1.47. The monoisotopic (exact) mass is 273 g/mol. The zero-order valence-electron chi connectivity index (χ0n) is 10.5. The number of nitro benzene ring substituents is 1. The lowest BCUT2D eigenvalue weighted by Gasteiger charge is -2.05. The van der Waals surface area contributed by atoms with Gasteiger partial charge in [-0.15, -0.1) is 0 Å². The van der Waals surface area contributed by atoms with Crippen molar-refractivity contribution in [2.45, 2.75) is 0 Å². The van der Waals surface area contributed by atoms with Crippen LogP contribution in [0.5, 0.6) is 0 Å². The molecular weight excluding hydrogens is 262 g/mol. The second-order valence-corrected chi connectivity index (χ2v) is 3.88. The number of nitro groups is 1. The Morgan fingerprint density at radius 1 is 1.35 bits per heavy atom. The van der Waals surface area contributed by atoms with Crippen molar-refractivity contribution in [2.24, 2.45) is 0 Å². The number of anilines is 1. The molecule has 0 bridgehead atoms. The number of non-ortho nitro benzene ring substituents is 1. The molecule has 0 spiro atoms. The Morgan fingerprint density at radius 2 is 2.10 bits per heavy atom. The average molecular weight is 273 g/mol. The molecule has 1 aromatic heterocycles. The highest BCUT2D eigenvalue weighted by atomic mass is 16.6. The molecule has 8 heteroatoms. The predicted octanol–water partition coefficient (Wildman–Crippen LogP) is 0.994. The number of rotatable bonds is 3. The molecule has 0 saturated carbocycles. The molecular formula is C12H11N5O3. The van der Waals surface area contributed by atoms with Crippen molar-refractivity contribution in [2.75, 3.05) is 12.8 Å². The van der Waals surface area contributed by atoms with Crippen LogP contribution < -0.4 is 11.1 Å². The molecule has 20 heavy (non-hydrogen) atoms. The number of hydrogen-bond donors (Lipinski definition) is 2. The van der Waals surface area contributed by atoms with Crippen molar-refractivity contribution in [1.29, 1.82) is 0 Å². The Morgan fingerprint density at radius 3 is 2.75 bits per heavy atom. The summed E-state index contributed by atoms with van der Waals surface area (Å²) in [5, 5.41) is 13.2. The van der Waals surface area contributed by atoms with E-state index < -0.39 is 10.8 Å². The fraction of sp³-hybridized carbons (Fsp3) is 0.0833. The Bertz CT molecular complexity index is 687. The molecule has 1 aromatic carbocycles. The molecule has 2 aromatic rings. The van der Waals surface area contributed by atoms with Gasteiger partial charge in [-0.1, -0.05) is 12.1 Å². The van der Waals surface area contributed by atoms with Gasteiger partial charge in [-0.2, -0.15) is 0 Å². The minimum Gasteiger partial charge on any atom is -0.368 e. The third-order valence-electron chi connectivity index (χ3n) is 2.56. The summed E-state index contributed by atoms with van der Waals surface area (Å²) in [5.74, 6) is -0.488. The van der Waals surface area contributed by atoms with Gasteiger partial charge in [0.2, 0.25) is 5.95 Å². The van der Waals surface area contributed by atoms with Crippen LogP contribution in [0.15, 0.2) is 30.3 Å². The smallest absolute Gasteiger partial charge is 0.270 e. The number of nitrogens with zero attached hydrogens (tertiary/aromatic N) is 3. The number of carbonyl (C=O) groups excluding carboxylic acids is 1. The maximum absolute atomic E-state index is 11.6. The lowest BCUT2D eigenvalue weighted by atomic mass is 10.1. The van der Waals surface area contributed by atoms with Crippen molar-refractivity contribution in [3.8, 4) is 11.3 Å². The van der Waals surface area contributed by atoms with Gasteiger partial charge >= 0.3 is 0 Å². The van der Waals surface area contributed by atoms with Crippen LogP contribution in [0.3, 0.4) is 0 Å². The first-order chi connectivity index (χ1) is 9.51. The van der Waals surface area contributed by atoms with Gasteiger partial charge < -0.3 is 11.1 Å². The van der Waals surface area contributed by atoms with Crippen molar-refractivity contribution in [3.63, 3.8) is 0 Å². The number of hydrogen-bond acceptors (Lipinski definition) is 6. The Hall–Kier alpha value is -3.03. The number of nitrogens with two attached hydrogens (primary N) is 1. The molecule has 0 saturated heterocycles. The highest BCUT2D eigenvalue weighted by Crippen LogP contribution is 2.23. The summed E-state index contributed by atoms with van der Waals surface area (Å²) in [5.41, 5.74) is 6.41. The molecule has 3 N–H and O–H groups in total. The molecule has 0 unspecified atom stereocenters. The van der Waals surface area contributed by atoms with Crippen molar-refractivity contribution < 1.29 is 9.72 Å². The molecule has 1 amide bonds. The molecule has 0 atom stereocenters. The average Bonchev–Trinajstić information content (AvgIpc) is 2.45. The quantitative estimate of drug-likeness (QED) is 0.634. The van der Waals surface area contributed by atoms with Crippen molar-refractivity contribution in [1.82, 2.24) is 15.3 Å². The van der Waals surface area contributed by atoms with E-state index in [0.717, 1.165) is 0 Å². The van der Waals surface area contributed by atoms with Gasteiger partial charge in [0.05, 0.1) is 10.6 Å². The largest absolute Gasteiger partial charge is 0.368 e. The van der Waals surface area contributed by atoms with Gasteiger partial charge in [0.25, 0.3) is 11.6 Å². The van der Waals surface area contributed by atoms with Gasteiger partial charge in [0.1, 0.15) is 5.69 Å². The highest BCUT2D eigenvalue weighted by Gasteiger charge is 2.12. The van der Waals surface area contributed by atoms with E-state index in [4.69, 9.17) is 5.73 Å². The van der Waals surface area contributed by atoms with Crippen LogP contribution in [-0.4, -0.2) is 27.8 Å². The van der Waals surface area contributed by atoms with E-state index in [2.05, 4.69) is 15.3 Å². The van der Waals surface area contributed by atoms with E-state index in [1.54, 1.807) is 6.07 Å². The molecule has 0 aliphatic heterocycles. The van der Waals surface area contributed by atoms with Gasteiger partial charge in [-0.25, -0.2) is 9.97 Å². The Kier molecular flexibility index (Phi) is 3.56. The van der Waals surface area contributed by atoms with Crippen molar-refractivity contribution >= 4 is 17.5 Å². The van der Waals surface area contributed by atoms with E-state index in [1.807, 2.05) is 0 Å². The first kappa shape index (κ1) is 13.4. The van der Waals surface area contributed by atoms with Crippen LogP contribution >= 0.6 is 0 Å². The molecule has 8 nitrogen and oxygen atoms in total. The molecule has 0 radical (unpaired) electrons. The van der Waals surface area contributed by atoms with Crippen LogP contribution in [0.2, 0.25) is 0 Å². The first-order valence-corrected chi connectivity index (χ1v) is 5.62. The van der Waals surface area contributed by atoms with E-state index in [1.165, 1.54) is 31.3 Å². The molecule has 102 valence electrons. The van der Waals surface area contributed by atoms with Crippen LogP contribution in [0.4, 0.5) is 11.6 Å². The fourth-order valence-corrected chi connectivity index (χ4v) is 1.64. The third kappa shape index (κ3) is 2.69. The zero-order valence-corrected chi connectivity index (χ0v) is 10.5. The maximum Gasteiger partial charge on any atom is 0.270 e. The van der Waals surface area contributed by atoms with Crippen LogP contribution in [0.1, 0.15) is 10.5 Å². The minimum absolute atomic E-state index is 0.0684. The second kappa shape index (κ2) is 5.31. The molecule has 0 fully saturated rings. The summed E-state index contributed by atoms with van der Waals surface area (Å²) in [6.45, 7) is 0. The Balaban J connectivity index is 2.52. The van der Waals surface area contributed by atoms with Gasteiger partial charge in [-0.3, -0.25) is 14.9 Å². The van der Waals surface area contributed by atoms with Gasteiger partial charge in [-0.05, 0) is 6.07 Å². The second-order valence-electron chi connectivity index (χ2n) is 3.88. The van der Waals surface area contributed by atoms with Crippen LogP contribution in [-0.2, 0) is 0 Å². The number of amides is 1. The lowest BCUT2D eigenvalue weighted by molar-refractivity contribution is -0.384. The molecule has 1 heterocycles. The highest BCUT2D eigenvalue weighted by molar-refractivity contribution is 5.93. The summed E-state index contributed by atoms with van der Waals surface area (Å²) in [6, 6.07) is 7.32. The topological polar surface area (TPSA) is 124 Å². The van der Waals surface area contributed by atoms with E-state index in [9.17, 15) is 14.9 Å². The van der Waals surface area contributed by atoms with E-state index >= 15 is 0 Å². The standard InChI is InChI=1S/C12H11N5O3/c1-14-11(18)10-6-9(15-12(13)16-10)7-3-2-4-8(5-7)17(19)20/h2-6H,1H3,(H,14,18)(H2,13,15,16). The zero-order chi connectivity index (χ0) is 14.7. The van der Waals surface area contributed by atoms with Gasteiger partial charge in [0.15, 0.2) is 0 Å².